The molecule has 1 heterocycles. The number of rotatable bonds is 3. The second kappa shape index (κ2) is 4.97. The van der Waals surface area contributed by atoms with Gasteiger partial charge < -0.3 is 10.6 Å². The van der Waals surface area contributed by atoms with E-state index in [4.69, 9.17) is 5.73 Å². The van der Waals surface area contributed by atoms with Crippen LogP contribution in [0.3, 0.4) is 0 Å². The van der Waals surface area contributed by atoms with Crippen molar-refractivity contribution < 1.29 is 0 Å². The lowest BCUT2D eigenvalue weighted by Crippen LogP contribution is -2.44. The van der Waals surface area contributed by atoms with Crippen LogP contribution in [0.5, 0.6) is 0 Å². The molecule has 2 nitrogen and oxygen atoms in total. The Balaban J connectivity index is 2.29. The van der Waals surface area contributed by atoms with Crippen LogP contribution in [-0.2, 0) is 0 Å². The monoisotopic (exact) mass is 184 g/mol. The first-order valence-electron chi connectivity index (χ1n) is 5.55. The van der Waals surface area contributed by atoms with Crippen LogP contribution < -0.4 is 5.73 Å². The zero-order valence-corrected chi connectivity index (χ0v) is 9.29. The summed E-state index contributed by atoms with van der Waals surface area (Å²) >= 11 is 0. The van der Waals surface area contributed by atoms with Crippen LogP contribution in [0, 0.1) is 5.92 Å². The number of piperidine rings is 1. The molecule has 0 aromatic rings. The summed E-state index contributed by atoms with van der Waals surface area (Å²) < 4.78 is 0. The summed E-state index contributed by atoms with van der Waals surface area (Å²) in [6.07, 6.45) is 5.03. The normalized spacial score (nSPS) is 31.2. The van der Waals surface area contributed by atoms with Crippen LogP contribution in [0.25, 0.3) is 0 Å². The van der Waals surface area contributed by atoms with Gasteiger partial charge in [-0.2, -0.15) is 0 Å². The number of nitrogens with zero attached hydrogens (tertiary/aromatic N) is 1. The molecule has 1 aliphatic heterocycles. The van der Waals surface area contributed by atoms with E-state index >= 15 is 0 Å². The molecule has 2 N–H and O–H groups in total. The van der Waals surface area contributed by atoms with Gasteiger partial charge in [0.1, 0.15) is 0 Å². The number of hydrogen-bond donors (Lipinski definition) is 1. The van der Waals surface area contributed by atoms with E-state index < -0.39 is 0 Å². The Hall–Kier alpha value is -0.0800. The predicted octanol–water partition coefficient (Wildman–Crippen LogP) is 1.84. The van der Waals surface area contributed by atoms with Gasteiger partial charge >= 0.3 is 0 Å². The maximum atomic E-state index is 5.97. The van der Waals surface area contributed by atoms with Crippen molar-refractivity contribution in [2.45, 2.75) is 51.6 Å². The zero-order chi connectivity index (χ0) is 9.84. The minimum absolute atomic E-state index is 0.452. The van der Waals surface area contributed by atoms with Crippen molar-refractivity contribution in [3.63, 3.8) is 0 Å². The molecule has 0 aromatic heterocycles. The van der Waals surface area contributed by atoms with Crippen LogP contribution in [0.4, 0.5) is 0 Å². The first kappa shape index (κ1) is 11.0. The topological polar surface area (TPSA) is 29.3 Å². The summed E-state index contributed by atoms with van der Waals surface area (Å²) in [5, 5.41) is 0. The van der Waals surface area contributed by atoms with E-state index in [1.165, 1.54) is 32.2 Å². The molecular weight excluding hydrogens is 160 g/mol. The Bertz CT molecular complexity index is 145. The van der Waals surface area contributed by atoms with Crippen molar-refractivity contribution in [1.29, 1.82) is 0 Å². The predicted molar refractivity (Wildman–Crippen MR) is 57.7 cm³/mol. The van der Waals surface area contributed by atoms with Crippen LogP contribution >= 0.6 is 0 Å². The summed E-state index contributed by atoms with van der Waals surface area (Å²) in [6.45, 7) is 5.77. The van der Waals surface area contributed by atoms with E-state index in [-0.39, 0.29) is 0 Å². The fourth-order valence-electron chi connectivity index (χ4n) is 2.06. The second-order valence-electron chi connectivity index (χ2n) is 4.89. The van der Waals surface area contributed by atoms with Gasteiger partial charge in [-0.15, -0.1) is 0 Å². The molecule has 0 aliphatic carbocycles. The largest absolute Gasteiger partial charge is 0.328 e. The average molecular weight is 184 g/mol. The van der Waals surface area contributed by atoms with Crippen molar-refractivity contribution in [2.75, 3.05) is 13.6 Å². The van der Waals surface area contributed by atoms with Gasteiger partial charge in [0.2, 0.25) is 0 Å². The van der Waals surface area contributed by atoms with Gasteiger partial charge in [-0.1, -0.05) is 13.8 Å². The Morgan fingerprint density at radius 1 is 1.46 bits per heavy atom. The van der Waals surface area contributed by atoms with E-state index in [2.05, 4.69) is 25.8 Å². The van der Waals surface area contributed by atoms with E-state index in [1.54, 1.807) is 0 Å². The number of likely N-dealkylation sites (tertiary alicyclic amines) is 1. The van der Waals surface area contributed by atoms with Crippen molar-refractivity contribution in [3.05, 3.63) is 0 Å². The summed E-state index contributed by atoms with van der Waals surface area (Å²) in [6, 6.07) is 1.19. The van der Waals surface area contributed by atoms with Gasteiger partial charge in [0, 0.05) is 12.1 Å². The molecule has 78 valence electrons. The summed E-state index contributed by atoms with van der Waals surface area (Å²) in [5.41, 5.74) is 5.97. The van der Waals surface area contributed by atoms with Gasteiger partial charge in [0.05, 0.1) is 0 Å². The van der Waals surface area contributed by atoms with Crippen molar-refractivity contribution in [2.24, 2.45) is 11.7 Å². The quantitative estimate of drug-likeness (QED) is 0.725. The van der Waals surface area contributed by atoms with E-state index in [9.17, 15) is 0 Å². The van der Waals surface area contributed by atoms with Crippen LogP contribution in [-0.4, -0.2) is 30.6 Å². The SMILES string of the molecule is CC(C)CCC1CC(N)CCN1C. The molecule has 1 aliphatic rings. The van der Waals surface area contributed by atoms with E-state index in [0.717, 1.165) is 12.0 Å². The molecule has 0 saturated carbocycles. The Morgan fingerprint density at radius 3 is 2.77 bits per heavy atom. The van der Waals surface area contributed by atoms with Crippen LogP contribution in [0.15, 0.2) is 0 Å². The molecule has 0 amide bonds. The second-order valence-corrected chi connectivity index (χ2v) is 4.89. The first-order chi connectivity index (χ1) is 6.09. The maximum absolute atomic E-state index is 5.97. The summed E-state index contributed by atoms with van der Waals surface area (Å²) in [7, 11) is 2.23. The molecule has 1 fully saturated rings. The van der Waals surface area contributed by atoms with Gasteiger partial charge in [-0.05, 0) is 45.2 Å². The third-order valence-electron chi connectivity index (χ3n) is 3.13. The molecule has 0 radical (unpaired) electrons. The highest BCUT2D eigenvalue weighted by Gasteiger charge is 2.23. The van der Waals surface area contributed by atoms with Crippen molar-refractivity contribution >= 4 is 0 Å². The highest BCUT2D eigenvalue weighted by molar-refractivity contribution is 4.81. The smallest absolute Gasteiger partial charge is 0.0107 e. The Kier molecular flexibility index (Phi) is 4.20. The number of hydrogen-bond acceptors (Lipinski definition) is 2. The number of nitrogens with two attached hydrogens (primary N) is 1. The standard InChI is InChI=1S/C11H24N2/c1-9(2)4-5-11-8-10(12)6-7-13(11)3/h9-11H,4-8,12H2,1-3H3. The maximum Gasteiger partial charge on any atom is 0.0107 e. The van der Waals surface area contributed by atoms with Crippen LogP contribution in [0.1, 0.15) is 39.5 Å². The third kappa shape index (κ3) is 3.65. The molecule has 1 saturated heterocycles. The molecular formula is C11H24N2. The lowest BCUT2D eigenvalue weighted by molar-refractivity contribution is 0.155. The van der Waals surface area contributed by atoms with Gasteiger partial charge in [0.25, 0.3) is 0 Å². The lowest BCUT2D eigenvalue weighted by atomic mass is 9.93. The molecule has 0 bridgehead atoms. The molecule has 2 heteroatoms. The third-order valence-corrected chi connectivity index (χ3v) is 3.13. The molecule has 2 atom stereocenters. The van der Waals surface area contributed by atoms with E-state index in [0.29, 0.717) is 6.04 Å². The van der Waals surface area contributed by atoms with Crippen LogP contribution in [0.2, 0.25) is 0 Å². The first-order valence-corrected chi connectivity index (χ1v) is 5.55. The molecule has 0 aromatic carbocycles. The fourth-order valence-corrected chi connectivity index (χ4v) is 2.06. The van der Waals surface area contributed by atoms with E-state index in [1.807, 2.05) is 0 Å². The summed E-state index contributed by atoms with van der Waals surface area (Å²) in [4.78, 5) is 2.48. The summed E-state index contributed by atoms with van der Waals surface area (Å²) in [5.74, 6) is 0.826. The highest BCUT2D eigenvalue weighted by Crippen LogP contribution is 2.20. The molecule has 2 unspecified atom stereocenters. The average Bonchev–Trinajstić information content (AvgIpc) is 2.06. The molecule has 13 heavy (non-hydrogen) atoms. The Morgan fingerprint density at radius 2 is 2.15 bits per heavy atom. The van der Waals surface area contributed by atoms with Crippen molar-refractivity contribution in [1.82, 2.24) is 4.90 Å². The minimum atomic E-state index is 0.452. The van der Waals surface area contributed by atoms with Gasteiger partial charge in [0.15, 0.2) is 0 Å². The lowest BCUT2D eigenvalue weighted by Gasteiger charge is -2.36. The molecule has 1 rings (SSSR count). The van der Waals surface area contributed by atoms with Gasteiger partial charge in [-0.3, -0.25) is 0 Å². The van der Waals surface area contributed by atoms with Crippen molar-refractivity contribution in [3.8, 4) is 0 Å². The highest BCUT2D eigenvalue weighted by atomic mass is 15.1. The van der Waals surface area contributed by atoms with Gasteiger partial charge in [-0.25, -0.2) is 0 Å². The minimum Gasteiger partial charge on any atom is -0.328 e. The fraction of sp³-hybridized carbons (Fsp3) is 1.00. The molecule has 0 spiro atoms. The Labute approximate surface area is 82.5 Å². The zero-order valence-electron chi connectivity index (χ0n) is 9.29.